The number of carbonyl (C=O) groups is 1. The number of carbonyl (C=O) groups excluding carboxylic acids is 1. The molecule has 4 heteroatoms. The van der Waals surface area contributed by atoms with Crippen molar-refractivity contribution >= 4 is 5.91 Å². The van der Waals surface area contributed by atoms with Crippen LogP contribution in [0.2, 0.25) is 0 Å². The van der Waals surface area contributed by atoms with Gasteiger partial charge in [-0.1, -0.05) is 0 Å². The van der Waals surface area contributed by atoms with Gasteiger partial charge in [-0.25, -0.2) is 0 Å². The Kier molecular flexibility index (Phi) is 3.50. The molecule has 2 aliphatic rings. The molecule has 2 aliphatic heterocycles. The lowest BCUT2D eigenvalue weighted by atomic mass is 9.88. The van der Waals surface area contributed by atoms with E-state index in [1.165, 1.54) is 13.0 Å². The van der Waals surface area contributed by atoms with Crippen LogP contribution in [0.1, 0.15) is 19.8 Å². The summed E-state index contributed by atoms with van der Waals surface area (Å²) in [7, 11) is 2.14. The summed E-state index contributed by atoms with van der Waals surface area (Å²) in [6.07, 6.45) is 2.18. The smallest absolute Gasteiger partial charge is 0.227 e. The molecule has 1 amide bonds. The van der Waals surface area contributed by atoms with E-state index >= 15 is 0 Å². The van der Waals surface area contributed by atoms with Crippen LogP contribution in [0.25, 0.3) is 0 Å². The quantitative estimate of drug-likeness (QED) is 0.713. The zero-order valence-electron chi connectivity index (χ0n) is 10.4. The van der Waals surface area contributed by atoms with Crippen molar-refractivity contribution in [3.8, 4) is 0 Å². The molecule has 2 N–H and O–H groups in total. The maximum absolute atomic E-state index is 12.0. The van der Waals surface area contributed by atoms with E-state index in [9.17, 15) is 4.79 Å². The van der Waals surface area contributed by atoms with Crippen molar-refractivity contribution < 1.29 is 4.79 Å². The number of nitrogens with one attached hydrogen (secondary N) is 2. The minimum Gasteiger partial charge on any atom is -0.355 e. The largest absolute Gasteiger partial charge is 0.355 e. The third-order valence-electron chi connectivity index (χ3n) is 3.96. The number of hydrogen-bond acceptors (Lipinski definition) is 3. The van der Waals surface area contributed by atoms with Gasteiger partial charge in [0.15, 0.2) is 0 Å². The average molecular weight is 225 g/mol. The standard InChI is InChI=1S/C12H23N3O/c1-12(4-5-13-9-12)11(16)14-7-10-3-6-15(2)8-10/h10,13H,3-9H2,1-2H3,(H,14,16). The fourth-order valence-corrected chi connectivity index (χ4v) is 2.65. The maximum atomic E-state index is 12.0. The van der Waals surface area contributed by atoms with E-state index in [0.29, 0.717) is 5.92 Å². The minimum atomic E-state index is -0.176. The first-order valence-corrected chi connectivity index (χ1v) is 6.28. The Morgan fingerprint density at radius 1 is 1.62 bits per heavy atom. The molecule has 2 saturated heterocycles. The molecule has 0 radical (unpaired) electrons. The molecule has 0 aromatic carbocycles. The monoisotopic (exact) mass is 225 g/mol. The first kappa shape index (κ1) is 11.9. The Bertz CT molecular complexity index is 261. The van der Waals surface area contributed by atoms with Gasteiger partial charge in [0.1, 0.15) is 0 Å². The Morgan fingerprint density at radius 2 is 2.44 bits per heavy atom. The summed E-state index contributed by atoms with van der Waals surface area (Å²) in [4.78, 5) is 14.4. The maximum Gasteiger partial charge on any atom is 0.227 e. The molecule has 2 heterocycles. The number of rotatable bonds is 3. The topological polar surface area (TPSA) is 44.4 Å². The molecule has 92 valence electrons. The van der Waals surface area contributed by atoms with Crippen molar-refractivity contribution in [1.82, 2.24) is 15.5 Å². The highest BCUT2D eigenvalue weighted by Gasteiger charge is 2.36. The van der Waals surface area contributed by atoms with Gasteiger partial charge in [0.2, 0.25) is 5.91 Å². The van der Waals surface area contributed by atoms with Crippen molar-refractivity contribution in [3.05, 3.63) is 0 Å². The van der Waals surface area contributed by atoms with Crippen LogP contribution in [0.4, 0.5) is 0 Å². The molecule has 0 bridgehead atoms. The summed E-state index contributed by atoms with van der Waals surface area (Å²) in [5.74, 6) is 0.874. The molecule has 2 rings (SSSR count). The van der Waals surface area contributed by atoms with Gasteiger partial charge in [-0.3, -0.25) is 4.79 Å². The second-order valence-corrected chi connectivity index (χ2v) is 5.61. The molecule has 0 aromatic rings. The van der Waals surface area contributed by atoms with Crippen LogP contribution in [0.15, 0.2) is 0 Å². The molecule has 2 fully saturated rings. The molecule has 2 unspecified atom stereocenters. The summed E-state index contributed by atoms with van der Waals surface area (Å²) in [6, 6.07) is 0. The van der Waals surface area contributed by atoms with Crippen LogP contribution >= 0.6 is 0 Å². The Balaban J connectivity index is 1.75. The molecule has 16 heavy (non-hydrogen) atoms. The van der Waals surface area contributed by atoms with Gasteiger partial charge < -0.3 is 15.5 Å². The number of nitrogens with zero attached hydrogens (tertiary/aromatic N) is 1. The molecule has 2 atom stereocenters. The summed E-state index contributed by atoms with van der Waals surface area (Å²) in [6.45, 7) is 6.98. The average Bonchev–Trinajstić information content (AvgIpc) is 2.85. The van der Waals surface area contributed by atoms with E-state index in [2.05, 4.69) is 29.5 Å². The van der Waals surface area contributed by atoms with Crippen LogP contribution in [0, 0.1) is 11.3 Å². The summed E-state index contributed by atoms with van der Waals surface area (Å²) in [5, 5.41) is 6.38. The minimum absolute atomic E-state index is 0.176. The lowest BCUT2D eigenvalue weighted by Gasteiger charge is -2.22. The van der Waals surface area contributed by atoms with Gasteiger partial charge in [-0.15, -0.1) is 0 Å². The highest BCUT2D eigenvalue weighted by atomic mass is 16.2. The Hall–Kier alpha value is -0.610. The van der Waals surface area contributed by atoms with Gasteiger partial charge in [0, 0.05) is 19.6 Å². The highest BCUT2D eigenvalue weighted by Crippen LogP contribution is 2.24. The normalized spacial score (nSPS) is 35.5. The molecule has 0 saturated carbocycles. The molecule has 0 aromatic heterocycles. The van der Waals surface area contributed by atoms with E-state index in [0.717, 1.165) is 32.6 Å². The van der Waals surface area contributed by atoms with Crippen molar-refractivity contribution in [2.75, 3.05) is 39.8 Å². The molecular formula is C12H23N3O. The van der Waals surface area contributed by atoms with Crippen molar-refractivity contribution in [2.45, 2.75) is 19.8 Å². The fraction of sp³-hybridized carbons (Fsp3) is 0.917. The molecule has 0 spiro atoms. The molecular weight excluding hydrogens is 202 g/mol. The van der Waals surface area contributed by atoms with Crippen molar-refractivity contribution in [2.24, 2.45) is 11.3 Å². The van der Waals surface area contributed by atoms with Gasteiger partial charge in [0.05, 0.1) is 5.41 Å². The fourth-order valence-electron chi connectivity index (χ4n) is 2.65. The van der Waals surface area contributed by atoms with Crippen molar-refractivity contribution in [1.29, 1.82) is 0 Å². The predicted octanol–water partition coefficient (Wildman–Crippen LogP) is 0.0539. The van der Waals surface area contributed by atoms with Crippen molar-refractivity contribution in [3.63, 3.8) is 0 Å². The van der Waals surface area contributed by atoms with Crippen LogP contribution in [0.3, 0.4) is 0 Å². The lowest BCUT2D eigenvalue weighted by Crippen LogP contribution is -2.42. The summed E-state index contributed by atoms with van der Waals surface area (Å²) in [5.41, 5.74) is -0.176. The van der Waals surface area contributed by atoms with Crippen LogP contribution in [-0.4, -0.2) is 50.6 Å². The first-order chi connectivity index (χ1) is 7.60. The summed E-state index contributed by atoms with van der Waals surface area (Å²) >= 11 is 0. The molecule has 4 nitrogen and oxygen atoms in total. The zero-order valence-corrected chi connectivity index (χ0v) is 10.4. The van der Waals surface area contributed by atoms with Gasteiger partial charge >= 0.3 is 0 Å². The van der Waals surface area contributed by atoms with E-state index in [1.54, 1.807) is 0 Å². The lowest BCUT2D eigenvalue weighted by molar-refractivity contribution is -0.129. The second kappa shape index (κ2) is 4.72. The third-order valence-corrected chi connectivity index (χ3v) is 3.96. The van der Waals surface area contributed by atoms with Gasteiger partial charge in [0.25, 0.3) is 0 Å². The third kappa shape index (κ3) is 2.55. The van der Waals surface area contributed by atoms with E-state index < -0.39 is 0 Å². The molecule has 0 aliphatic carbocycles. The van der Waals surface area contributed by atoms with Gasteiger partial charge in [-0.05, 0) is 45.8 Å². The van der Waals surface area contributed by atoms with Crippen LogP contribution < -0.4 is 10.6 Å². The Morgan fingerprint density at radius 3 is 3.00 bits per heavy atom. The highest BCUT2D eigenvalue weighted by molar-refractivity contribution is 5.82. The second-order valence-electron chi connectivity index (χ2n) is 5.61. The van der Waals surface area contributed by atoms with E-state index in [4.69, 9.17) is 0 Å². The zero-order chi connectivity index (χ0) is 11.6. The first-order valence-electron chi connectivity index (χ1n) is 6.28. The SMILES string of the molecule is CN1CCC(CNC(=O)C2(C)CCNC2)C1. The Labute approximate surface area is 97.8 Å². The van der Waals surface area contributed by atoms with Gasteiger partial charge in [-0.2, -0.15) is 0 Å². The predicted molar refractivity (Wildman–Crippen MR) is 64.2 cm³/mol. The summed E-state index contributed by atoms with van der Waals surface area (Å²) < 4.78 is 0. The van der Waals surface area contributed by atoms with E-state index in [1.807, 2.05) is 0 Å². The van der Waals surface area contributed by atoms with E-state index in [-0.39, 0.29) is 11.3 Å². The van der Waals surface area contributed by atoms with Crippen LogP contribution in [-0.2, 0) is 4.79 Å². The number of amides is 1. The number of hydrogen-bond donors (Lipinski definition) is 2. The van der Waals surface area contributed by atoms with Crippen LogP contribution in [0.5, 0.6) is 0 Å². The number of likely N-dealkylation sites (tertiary alicyclic amines) is 1.